The number of H-pyrrole nitrogens is 1. The molecule has 0 aliphatic heterocycles. The first kappa shape index (κ1) is 20.8. The lowest BCUT2D eigenvalue weighted by Gasteiger charge is -2.33. The average Bonchev–Trinajstić information content (AvgIpc) is 2.94. The highest BCUT2D eigenvalue weighted by atomic mass is 127. The number of likely N-dealkylation sites (N-methyl/N-ethyl adjacent to an activating group) is 1. The van der Waals surface area contributed by atoms with Crippen molar-refractivity contribution >= 4 is 40.8 Å². The third-order valence-electron chi connectivity index (χ3n) is 4.48. The van der Waals surface area contributed by atoms with E-state index in [-0.39, 0.29) is 29.5 Å². The van der Waals surface area contributed by atoms with Crippen LogP contribution in [0.5, 0.6) is 0 Å². The summed E-state index contributed by atoms with van der Waals surface area (Å²) in [6.45, 7) is 6.11. The van der Waals surface area contributed by atoms with Crippen LogP contribution in [0, 0.1) is 0 Å². The molecule has 3 N–H and O–H groups in total. The fourth-order valence-corrected chi connectivity index (χ4v) is 2.33. The largest absolute Gasteiger partial charge is 0.361 e. The number of nitrogens with zero attached hydrogens (tertiary/aromatic N) is 2. The van der Waals surface area contributed by atoms with Crippen LogP contribution >= 0.6 is 24.0 Å². The molecule has 2 rings (SSSR count). The molecule has 2 aromatic rings. The summed E-state index contributed by atoms with van der Waals surface area (Å²) in [5.41, 5.74) is 2.60. The van der Waals surface area contributed by atoms with E-state index in [4.69, 9.17) is 0 Å². The maximum absolute atomic E-state index is 4.30. The van der Waals surface area contributed by atoms with E-state index < -0.39 is 0 Å². The molecule has 0 amide bonds. The van der Waals surface area contributed by atoms with Gasteiger partial charge in [0, 0.05) is 42.8 Å². The Morgan fingerprint density at radius 1 is 1.21 bits per heavy atom. The Hall–Kier alpha value is -1.28. The van der Waals surface area contributed by atoms with Gasteiger partial charge in [0.25, 0.3) is 0 Å². The lowest BCUT2D eigenvalue weighted by Crippen LogP contribution is -2.51. The molecule has 1 aromatic heterocycles. The number of rotatable bonds is 6. The molecule has 0 aliphatic rings. The summed E-state index contributed by atoms with van der Waals surface area (Å²) in [4.78, 5) is 9.83. The monoisotopic (exact) mass is 443 g/mol. The highest BCUT2D eigenvalue weighted by Crippen LogP contribution is 2.17. The van der Waals surface area contributed by atoms with Gasteiger partial charge >= 0.3 is 0 Å². The molecule has 0 radical (unpaired) electrons. The molecule has 24 heavy (non-hydrogen) atoms. The van der Waals surface area contributed by atoms with E-state index in [0.717, 1.165) is 25.5 Å². The quantitative estimate of drug-likeness (QED) is 0.366. The van der Waals surface area contributed by atoms with E-state index in [1.165, 1.54) is 16.5 Å². The van der Waals surface area contributed by atoms with Crippen molar-refractivity contribution in [2.45, 2.75) is 25.8 Å². The maximum Gasteiger partial charge on any atom is 0.191 e. The second kappa shape index (κ2) is 9.27. The minimum absolute atomic E-state index is 0. The van der Waals surface area contributed by atoms with Crippen molar-refractivity contribution in [2.24, 2.45) is 4.99 Å². The van der Waals surface area contributed by atoms with Crippen molar-refractivity contribution in [3.63, 3.8) is 0 Å². The van der Waals surface area contributed by atoms with E-state index in [1.807, 2.05) is 7.05 Å². The Morgan fingerprint density at radius 2 is 1.92 bits per heavy atom. The first-order valence-electron chi connectivity index (χ1n) is 8.11. The normalized spacial score (nSPS) is 12.3. The first-order chi connectivity index (χ1) is 10.9. The van der Waals surface area contributed by atoms with Gasteiger partial charge in [0.05, 0.1) is 0 Å². The van der Waals surface area contributed by atoms with Gasteiger partial charge in [-0.05, 0) is 46.0 Å². The standard InChI is InChI=1S/C18H29N5.HI/c1-18(2,23(4)5)13-22-17(19-3)20-11-10-14-12-21-16-9-7-6-8-15(14)16;/h6-9,12,21H,10-11,13H2,1-5H3,(H2,19,20,22);1H. The fraction of sp³-hybridized carbons (Fsp3) is 0.500. The van der Waals surface area contributed by atoms with E-state index in [0.29, 0.717) is 0 Å². The number of aromatic nitrogens is 1. The van der Waals surface area contributed by atoms with Gasteiger partial charge in [0.15, 0.2) is 5.96 Å². The van der Waals surface area contributed by atoms with Gasteiger partial charge in [0.1, 0.15) is 0 Å². The summed E-state index contributed by atoms with van der Waals surface area (Å²) < 4.78 is 0. The highest BCUT2D eigenvalue weighted by molar-refractivity contribution is 14.0. The Labute approximate surface area is 162 Å². The Bertz CT molecular complexity index is 660. The van der Waals surface area contributed by atoms with Crippen LogP contribution in [0.4, 0.5) is 0 Å². The van der Waals surface area contributed by atoms with Crippen molar-refractivity contribution < 1.29 is 0 Å². The fourth-order valence-electron chi connectivity index (χ4n) is 2.33. The van der Waals surface area contributed by atoms with Gasteiger partial charge in [-0.15, -0.1) is 24.0 Å². The number of benzene rings is 1. The number of hydrogen-bond acceptors (Lipinski definition) is 2. The molecule has 0 aliphatic carbocycles. The number of nitrogens with one attached hydrogen (secondary N) is 3. The molecule has 0 unspecified atom stereocenters. The molecule has 1 aromatic carbocycles. The van der Waals surface area contributed by atoms with Crippen molar-refractivity contribution in [3.8, 4) is 0 Å². The average molecular weight is 443 g/mol. The second-order valence-corrected chi connectivity index (χ2v) is 6.67. The van der Waals surface area contributed by atoms with Gasteiger partial charge in [-0.3, -0.25) is 4.99 Å². The second-order valence-electron chi connectivity index (χ2n) is 6.67. The molecule has 0 spiro atoms. The lowest BCUT2D eigenvalue weighted by molar-refractivity contribution is 0.197. The van der Waals surface area contributed by atoms with Crippen LogP contribution in [-0.4, -0.2) is 55.6 Å². The zero-order chi connectivity index (χ0) is 16.9. The van der Waals surface area contributed by atoms with Crippen molar-refractivity contribution in [1.29, 1.82) is 0 Å². The van der Waals surface area contributed by atoms with E-state index in [2.05, 4.69) is 83.9 Å². The number of aromatic amines is 1. The Kier molecular flexibility index (Phi) is 8.02. The van der Waals surface area contributed by atoms with Crippen LogP contribution in [0.15, 0.2) is 35.5 Å². The van der Waals surface area contributed by atoms with Crippen LogP contribution in [0.1, 0.15) is 19.4 Å². The molecule has 5 nitrogen and oxygen atoms in total. The molecule has 0 saturated heterocycles. The van der Waals surface area contributed by atoms with Gasteiger partial charge in [-0.25, -0.2) is 0 Å². The topological polar surface area (TPSA) is 55.5 Å². The molecule has 0 fully saturated rings. The zero-order valence-electron chi connectivity index (χ0n) is 15.3. The Balaban J connectivity index is 0.00000288. The smallest absolute Gasteiger partial charge is 0.191 e. The highest BCUT2D eigenvalue weighted by Gasteiger charge is 2.20. The van der Waals surface area contributed by atoms with Crippen molar-refractivity contribution in [2.75, 3.05) is 34.2 Å². The van der Waals surface area contributed by atoms with Crippen LogP contribution < -0.4 is 10.6 Å². The molecule has 134 valence electrons. The summed E-state index contributed by atoms with van der Waals surface area (Å²) in [5, 5.41) is 8.09. The molecule has 0 bridgehead atoms. The summed E-state index contributed by atoms with van der Waals surface area (Å²) in [6.07, 6.45) is 3.06. The molecule has 0 saturated carbocycles. The first-order valence-corrected chi connectivity index (χ1v) is 8.11. The van der Waals surface area contributed by atoms with Crippen LogP contribution in [0.3, 0.4) is 0 Å². The van der Waals surface area contributed by atoms with Gasteiger partial charge in [-0.2, -0.15) is 0 Å². The molecular formula is C18H30IN5. The maximum atomic E-state index is 4.30. The van der Waals surface area contributed by atoms with Crippen LogP contribution in [-0.2, 0) is 6.42 Å². The van der Waals surface area contributed by atoms with E-state index in [9.17, 15) is 0 Å². The minimum atomic E-state index is 0. The summed E-state index contributed by atoms with van der Waals surface area (Å²) in [5.74, 6) is 0.847. The number of hydrogen-bond donors (Lipinski definition) is 3. The van der Waals surface area contributed by atoms with E-state index in [1.54, 1.807) is 0 Å². The number of halogens is 1. The third-order valence-corrected chi connectivity index (χ3v) is 4.48. The SMILES string of the molecule is CN=C(NCCc1c[nH]c2ccccc12)NCC(C)(C)N(C)C.I. The summed E-state index contributed by atoms with van der Waals surface area (Å²) in [6, 6.07) is 8.40. The molecule has 0 atom stereocenters. The van der Waals surface area contributed by atoms with Gasteiger partial charge in [-0.1, -0.05) is 18.2 Å². The van der Waals surface area contributed by atoms with Crippen molar-refractivity contribution in [1.82, 2.24) is 20.5 Å². The minimum Gasteiger partial charge on any atom is -0.361 e. The van der Waals surface area contributed by atoms with Crippen molar-refractivity contribution in [3.05, 3.63) is 36.0 Å². The van der Waals surface area contributed by atoms with Crippen LogP contribution in [0.25, 0.3) is 10.9 Å². The zero-order valence-corrected chi connectivity index (χ0v) is 17.6. The lowest BCUT2D eigenvalue weighted by atomic mass is 10.0. The molecular weight excluding hydrogens is 413 g/mol. The number of para-hydroxylation sites is 1. The number of fused-ring (bicyclic) bond motifs is 1. The van der Waals surface area contributed by atoms with E-state index >= 15 is 0 Å². The van der Waals surface area contributed by atoms with Gasteiger partial charge < -0.3 is 20.5 Å². The summed E-state index contributed by atoms with van der Waals surface area (Å²) >= 11 is 0. The predicted octanol–water partition coefficient (Wildman–Crippen LogP) is 2.83. The van der Waals surface area contributed by atoms with Crippen LogP contribution in [0.2, 0.25) is 0 Å². The number of guanidine groups is 1. The summed E-state index contributed by atoms with van der Waals surface area (Å²) in [7, 11) is 5.99. The predicted molar refractivity (Wildman–Crippen MR) is 115 cm³/mol. The number of aliphatic imine (C=N–C) groups is 1. The third kappa shape index (κ3) is 5.37. The molecule has 6 heteroatoms. The molecule has 1 heterocycles. The van der Waals surface area contributed by atoms with Gasteiger partial charge in [0.2, 0.25) is 0 Å². The Morgan fingerprint density at radius 3 is 2.58 bits per heavy atom.